The first-order valence-electron chi connectivity index (χ1n) is 9.06. The fraction of sp³-hybridized carbons (Fsp3) is 0.667. The molecule has 1 saturated heterocycles. The molecule has 2 fully saturated rings. The summed E-state index contributed by atoms with van der Waals surface area (Å²) in [6, 6.07) is 5.98. The molecule has 0 spiro atoms. The van der Waals surface area contributed by atoms with E-state index >= 15 is 0 Å². The van der Waals surface area contributed by atoms with Crippen LogP contribution in [0.5, 0.6) is 0 Å². The van der Waals surface area contributed by atoms with E-state index in [1.165, 1.54) is 44.4 Å². The Bertz CT molecular complexity index is 650. The summed E-state index contributed by atoms with van der Waals surface area (Å²) in [4.78, 5) is 2.21. The maximum absolute atomic E-state index is 12.5. The number of piperidine rings is 1. The van der Waals surface area contributed by atoms with Gasteiger partial charge in [-0.05, 0) is 55.9 Å². The van der Waals surface area contributed by atoms with Gasteiger partial charge in [0.05, 0.1) is 4.90 Å². The molecule has 0 aromatic heterocycles. The SMILES string of the molecule is O=S(=O)(c1ccc(NC2CCN(CC3CCCC3)CC2)cc1)C(F)F. The lowest BCUT2D eigenvalue weighted by atomic mass is 10.0. The van der Waals surface area contributed by atoms with Crippen molar-refractivity contribution in [1.82, 2.24) is 4.90 Å². The van der Waals surface area contributed by atoms with E-state index in [-0.39, 0.29) is 4.90 Å². The predicted octanol–water partition coefficient (Wildman–Crippen LogP) is 3.75. The van der Waals surface area contributed by atoms with Crippen LogP contribution in [0.3, 0.4) is 0 Å². The van der Waals surface area contributed by atoms with Crippen molar-refractivity contribution in [3.05, 3.63) is 24.3 Å². The van der Waals surface area contributed by atoms with Crippen molar-refractivity contribution in [2.45, 2.75) is 55.2 Å². The number of hydrogen-bond donors (Lipinski definition) is 1. The molecule has 1 heterocycles. The Hall–Kier alpha value is -1.21. The standard InChI is InChI=1S/C18H26F2N2O2S/c19-18(20)25(23,24)17-7-5-15(6-8-17)21-16-9-11-22(12-10-16)13-14-3-1-2-4-14/h5-8,14,16,18,21H,1-4,9-13H2. The molecule has 7 heteroatoms. The van der Waals surface area contributed by atoms with Crippen LogP contribution >= 0.6 is 0 Å². The number of rotatable bonds is 6. The van der Waals surface area contributed by atoms with E-state index < -0.39 is 15.6 Å². The molecule has 1 saturated carbocycles. The van der Waals surface area contributed by atoms with E-state index in [4.69, 9.17) is 0 Å². The summed E-state index contributed by atoms with van der Waals surface area (Å²) in [5, 5.41) is 3.39. The molecule has 1 aliphatic heterocycles. The Morgan fingerprint density at radius 3 is 2.20 bits per heavy atom. The van der Waals surface area contributed by atoms with Crippen LogP contribution in [-0.2, 0) is 9.84 Å². The number of nitrogens with zero attached hydrogens (tertiary/aromatic N) is 1. The highest BCUT2D eigenvalue weighted by atomic mass is 32.2. The summed E-state index contributed by atoms with van der Waals surface area (Å²) in [5.41, 5.74) is 0.780. The lowest BCUT2D eigenvalue weighted by molar-refractivity contribution is 0.189. The number of sulfone groups is 1. The van der Waals surface area contributed by atoms with Gasteiger partial charge < -0.3 is 10.2 Å². The van der Waals surface area contributed by atoms with Gasteiger partial charge in [0, 0.05) is 31.4 Å². The lowest BCUT2D eigenvalue weighted by Crippen LogP contribution is -2.41. The Kier molecular flexibility index (Phi) is 5.94. The van der Waals surface area contributed by atoms with E-state index in [0.29, 0.717) is 6.04 Å². The third kappa shape index (κ3) is 4.70. The van der Waals surface area contributed by atoms with Gasteiger partial charge in [0.1, 0.15) is 0 Å². The smallest absolute Gasteiger partial charge is 0.341 e. The first-order valence-corrected chi connectivity index (χ1v) is 10.6. The van der Waals surface area contributed by atoms with Crippen LogP contribution in [0, 0.1) is 5.92 Å². The van der Waals surface area contributed by atoms with Gasteiger partial charge in [0.25, 0.3) is 0 Å². The van der Waals surface area contributed by atoms with E-state index in [1.807, 2.05) is 0 Å². The van der Waals surface area contributed by atoms with Gasteiger partial charge in [0.15, 0.2) is 0 Å². The van der Waals surface area contributed by atoms with Crippen LogP contribution in [0.1, 0.15) is 38.5 Å². The molecule has 0 bridgehead atoms. The Balaban J connectivity index is 1.49. The summed E-state index contributed by atoms with van der Waals surface area (Å²) in [6.45, 7) is 3.37. The molecule has 140 valence electrons. The van der Waals surface area contributed by atoms with Crippen molar-refractivity contribution in [3.8, 4) is 0 Å². The van der Waals surface area contributed by atoms with Crippen molar-refractivity contribution in [2.24, 2.45) is 5.92 Å². The summed E-state index contributed by atoms with van der Waals surface area (Å²) in [6.07, 6.45) is 7.58. The summed E-state index contributed by atoms with van der Waals surface area (Å²) in [5.74, 6) is -2.51. The quantitative estimate of drug-likeness (QED) is 0.826. The van der Waals surface area contributed by atoms with Crippen LogP contribution in [0.2, 0.25) is 0 Å². The number of nitrogens with one attached hydrogen (secondary N) is 1. The lowest BCUT2D eigenvalue weighted by Gasteiger charge is -2.34. The molecule has 1 N–H and O–H groups in total. The van der Waals surface area contributed by atoms with Gasteiger partial charge in [-0.15, -0.1) is 0 Å². The average Bonchev–Trinajstić information content (AvgIpc) is 3.10. The number of halogens is 2. The summed E-state index contributed by atoms with van der Waals surface area (Å²) < 4.78 is 48.0. The van der Waals surface area contributed by atoms with Gasteiger partial charge in [-0.3, -0.25) is 0 Å². The highest BCUT2D eigenvalue weighted by Crippen LogP contribution is 2.27. The highest BCUT2D eigenvalue weighted by Gasteiger charge is 2.27. The second kappa shape index (κ2) is 7.99. The molecule has 0 amide bonds. The second-order valence-corrected chi connectivity index (χ2v) is 9.12. The molecule has 4 nitrogen and oxygen atoms in total. The molecule has 2 aliphatic rings. The molecule has 1 aliphatic carbocycles. The largest absolute Gasteiger partial charge is 0.382 e. The van der Waals surface area contributed by atoms with Crippen LogP contribution in [0.4, 0.5) is 14.5 Å². The molecule has 1 aromatic carbocycles. The normalized spacial score (nSPS) is 21.1. The molecule has 3 rings (SSSR count). The Morgan fingerprint density at radius 1 is 1.04 bits per heavy atom. The van der Waals surface area contributed by atoms with Gasteiger partial charge in [0.2, 0.25) is 9.84 Å². The van der Waals surface area contributed by atoms with Gasteiger partial charge in [-0.25, -0.2) is 8.42 Å². The minimum atomic E-state index is -4.51. The first kappa shape index (κ1) is 18.6. The summed E-state index contributed by atoms with van der Waals surface area (Å²) >= 11 is 0. The van der Waals surface area contributed by atoms with Crippen LogP contribution in [-0.4, -0.2) is 44.8 Å². The van der Waals surface area contributed by atoms with Crippen molar-refractivity contribution in [1.29, 1.82) is 0 Å². The topological polar surface area (TPSA) is 49.4 Å². The van der Waals surface area contributed by atoms with Gasteiger partial charge in [-0.2, -0.15) is 8.78 Å². The number of likely N-dealkylation sites (tertiary alicyclic amines) is 1. The number of alkyl halides is 2. The van der Waals surface area contributed by atoms with E-state index in [2.05, 4.69) is 10.2 Å². The number of benzene rings is 1. The average molecular weight is 372 g/mol. The number of hydrogen-bond acceptors (Lipinski definition) is 4. The van der Waals surface area contributed by atoms with Crippen LogP contribution < -0.4 is 5.32 Å². The minimum Gasteiger partial charge on any atom is -0.382 e. The number of anilines is 1. The van der Waals surface area contributed by atoms with Crippen molar-refractivity contribution in [3.63, 3.8) is 0 Å². The Labute approximate surface area is 148 Å². The molecular weight excluding hydrogens is 346 g/mol. The Morgan fingerprint density at radius 2 is 1.64 bits per heavy atom. The zero-order chi connectivity index (χ0) is 17.9. The van der Waals surface area contributed by atoms with Gasteiger partial charge in [-0.1, -0.05) is 12.8 Å². The van der Waals surface area contributed by atoms with E-state index in [9.17, 15) is 17.2 Å². The molecule has 0 radical (unpaired) electrons. The molecule has 25 heavy (non-hydrogen) atoms. The molecule has 1 aromatic rings. The van der Waals surface area contributed by atoms with Crippen molar-refractivity contribution >= 4 is 15.5 Å². The van der Waals surface area contributed by atoms with Crippen LogP contribution in [0.25, 0.3) is 0 Å². The molecular formula is C18H26F2N2O2S. The molecule has 0 unspecified atom stereocenters. The third-order valence-corrected chi connectivity index (χ3v) is 6.77. The van der Waals surface area contributed by atoms with E-state index in [1.54, 1.807) is 12.1 Å². The summed E-state index contributed by atoms with van der Waals surface area (Å²) in [7, 11) is -4.51. The minimum absolute atomic E-state index is 0.334. The predicted molar refractivity (Wildman–Crippen MR) is 94.7 cm³/mol. The molecule has 0 atom stereocenters. The van der Waals surface area contributed by atoms with Gasteiger partial charge >= 0.3 is 5.76 Å². The van der Waals surface area contributed by atoms with Crippen molar-refractivity contribution < 1.29 is 17.2 Å². The zero-order valence-corrected chi connectivity index (χ0v) is 15.1. The fourth-order valence-electron chi connectivity index (χ4n) is 3.90. The first-order chi connectivity index (χ1) is 11.9. The van der Waals surface area contributed by atoms with Crippen LogP contribution in [0.15, 0.2) is 29.2 Å². The van der Waals surface area contributed by atoms with E-state index in [0.717, 1.165) is 37.5 Å². The highest BCUT2D eigenvalue weighted by molar-refractivity contribution is 7.91. The monoisotopic (exact) mass is 372 g/mol. The second-order valence-electron chi connectivity index (χ2n) is 7.20. The zero-order valence-electron chi connectivity index (χ0n) is 14.3. The maximum atomic E-state index is 12.5. The maximum Gasteiger partial charge on any atom is 0.341 e. The fourth-order valence-corrected chi connectivity index (χ4v) is 4.62. The van der Waals surface area contributed by atoms with Crippen molar-refractivity contribution in [2.75, 3.05) is 25.0 Å². The third-order valence-electron chi connectivity index (χ3n) is 5.37.